The fraction of sp³-hybridized carbons (Fsp3) is 0.429. The zero-order chi connectivity index (χ0) is 9.30. The average molecular weight is 189 g/mol. The highest BCUT2D eigenvalue weighted by Crippen LogP contribution is 2.22. The van der Waals surface area contributed by atoms with Gasteiger partial charge >= 0.3 is 5.97 Å². The quantitative estimate of drug-likeness (QED) is 0.745. The summed E-state index contributed by atoms with van der Waals surface area (Å²) in [5.74, 6) is -0.964. The van der Waals surface area contributed by atoms with E-state index in [-0.39, 0.29) is 16.6 Å². The van der Waals surface area contributed by atoms with E-state index in [1.807, 2.05) is 13.8 Å². The van der Waals surface area contributed by atoms with E-state index in [1.54, 1.807) is 0 Å². The van der Waals surface area contributed by atoms with E-state index in [4.69, 9.17) is 16.7 Å². The fourth-order valence-corrected chi connectivity index (χ4v) is 1.18. The zero-order valence-corrected chi connectivity index (χ0v) is 7.51. The Kier molecular flexibility index (Phi) is 2.38. The second-order valence-electron chi connectivity index (χ2n) is 2.76. The van der Waals surface area contributed by atoms with Gasteiger partial charge < -0.3 is 5.11 Å². The van der Waals surface area contributed by atoms with Crippen LogP contribution in [0.15, 0.2) is 0 Å². The lowest BCUT2D eigenvalue weighted by atomic mass is 10.1. The predicted octanol–water partition coefficient (Wildman–Crippen LogP) is 1.88. The molecule has 2 N–H and O–H groups in total. The standard InChI is InChI=1S/C7H9ClN2O2/c1-3(2)5-4(7(11)12)6(8)10-9-5/h3H,1-2H3,(H,9,10)(H,11,12). The number of hydrogen-bond donors (Lipinski definition) is 2. The summed E-state index contributed by atoms with van der Waals surface area (Å²) < 4.78 is 0. The van der Waals surface area contributed by atoms with Gasteiger partial charge in [-0.25, -0.2) is 4.79 Å². The van der Waals surface area contributed by atoms with Crippen LogP contribution in [0.25, 0.3) is 0 Å². The minimum Gasteiger partial charge on any atom is -0.478 e. The molecule has 0 fully saturated rings. The lowest BCUT2D eigenvalue weighted by Gasteiger charge is -2.01. The van der Waals surface area contributed by atoms with Crippen molar-refractivity contribution in [2.75, 3.05) is 0 Å². The van der Waals surface area contributed by atoms with Crippen molar-refractivity contribution in [2.45, 2.75) is 19.8 Å². The highest BCUT2D eigenvalue weighted by atomic mass is 35.5. The first-order valence-corrected chi connectivity index (χ1v) is 3.89. The minimum atomic E-state index is -1.04. The van der Waals surface area contributed by atoms with Gasteiger partial charge in [-0.15, -0.1) is 0 Å². The van der Waals surface area contributed by atoms with Gasteiger partial charge in [-0.3, -0.25) is 5.10 Å². The Balaban J connectivity index is 3.21. The molecule has 12 heavy (non-hydrogen) atoms. The van der Waals surface area contributed by atoms with Crippen LogP contribution in [-0.4, -0.2) is 21.3 Å². The van der Waals surface area contributed by atoms with Gasteiger partial charge in [0, 0.05) is 0 Å². The molecule has 1 aromatic heterocycles. The van der Waals surface area contributed by atoms with Gasteiger partial charge in [0.05, 0.1) is 5.69 Å². The number of H-pyrrole nitrogens is 1. The van der Waals surface area contributed by atoms with Crippen LogP contribution in [0.2, 0.25) is 5.15 Å². The molecule has 1 aromatic rings. The van der Waals surface area contributed by atoms with E-state index in [0.29, 0.717) is 5.69 Å². The van der Waals surface area contributed by atoms with E-state index >= 15 is 0 Å². The van der Waals surface area contributed by atoms with Crippen LogP contribution in [0.3, 0.4) is 0 Å². The lowest BCUT2D eigenvalue weighted by molar-refractivity contribution is 0.0695. The number of aromatic nitrogens is 2. The van der Waals surface area contributed by atoms with Gasteiger partial charge in [0.15, 0.2) is 5.15 Å². The molecule has 4 nitrogen and oxygen atoms in total. The monoisotopic (exact) mass is 188 g/mol. The number of carboxylic acid groups (broad SMARTS) is 1. The summed E-state index contributed by atoms with van der Waals surface area (Å²) in [6.07, 6.45) is 0. The molecule has 0 aliphatic rings. The van der Waals surface area contributed by atoms with Crippen molar-refractivity contribution in [3.05, 3.63) is 16.4 Å². The van der Waals surface area contributed by atoms with Crippen molar-refractivity contribution < 1.29 is 9.90 Å². The smallest absolute Gasteiger partial charge is 0.340 e. The maximum Gasteiger partial charge on any atom is 0.340 e. The normalized spacial score (nSPS) is 10.7. The summed E-state index contributed by atoms with van der Waals surface area (Å²) >= 11 is 5.56. The Morgan fingerprint density at radius 2 is 2.25 bits per heavy atom. The van der Waals surface area contributed by atoms with Crippen LogP contribution < -0.4 is 0 Å². The van der Waals surface area contributed by atoms with Crippen molar-refractivity contribution in [3.63, 3.8) is 0 Å². The molecule has 5 heteroatoms. The molecule has 0 aliphatic heterocycles. The number of nitrogens with one attached hydrogen (secondary N) is 1. The molecule has 0 radical (unpaired) electrons. The molecule has 0 unspecified atom stereocenters. The number of carbonyl (C=O) groups is 1. The topological polar surface area (TPSA) is 66.0 Å². The molecule has 0 saturated heterocycles. The molecule has 0 aliphatic carbocycles. The van der Waals surface area contributed by atoms with Crippen LogP contribution in [0, 0.1) is 0 Å². The summed E-state index contributed by atoms with van der Waals surface area (Å²) in [5.41, 5.74) is 0.638. The average Bonchev–Trinajstić information content (AvgIpc) is 2.30. The number of aromatic carboxylic acids is 1. The van der Waals surface area contributed by atoms with E-state index in [2.05, 4.69) is 10.2 Å². The Labute approximate surface area is 74.5 Å². The number of aromatic amines is 1. The van der Waals surface area contributed by atoms with Crippen LogP contribution in [0.5, 0.6) is 0 Å². The van der Waals surface area contributed by atoms with Crippen LogP contribution >= 0.6 is 11.6 Å². The third kappa shape index (κ3) is 1.43. The number of nitrogens with zero attached hydrogens (tertiary/aromatic N) is 1. The Morgan fingerprint density at radius 1 is 1.67 bits per heavy atom. The summed E-state index contributed by atoms with van der Waals surface area (Å²) in [7, 11) is 0. The molecule has 0 saturated carbocycles. The van der Waals surface area contributed by atoms with E-state index in [9.17, 15) is 4.79 Å². The SMILES string of the molecule is CC(C)c1[nH]nc(Cl)c1C(=O)O. The first kappa shape index (κ1) is 9.06. The zero-order valence-electron chi connectivity index (χ0n) is 6.76. The number of rotatable bonds is 2. The minimum absolute atomic E-state index is 0.0196. The molecule has 66 valence electrons. The van der Waals surface area contributed by atoms with Crippen LogP contribution in [-0.2, 0) is 0 Å². The predicted molar refractivity (Wildman–Crippen MR) is 44.6 cm³/mol. The van der Waals surface area contributed by atoms with Crippen LogP contribution in [0.4, 0.5) is 0 Å². The van der Waals surface area contributed by atoms with Gasteiger partial charge in [0.2, 0.25) is 0 Å². The van der Waals surface area contributed by atoms with E-state index < -0.39 is 5.97 Å². The van der Waals surface area contributed by atoms with E-state index in [1.165, 1.54) is 0 Å². The number of carboxylic acids is 1. The molecule has 1 rings (SSSR count). The fourth-order valence-electron chi connectivity index (χ4n) is 0.953. The third-order valence-corrected chi connectivity index (χ3v) is 1.81. The highest BCUT2D eigenvalue weighted by molar-refractivity contribution is 6.32. The molecule has 0 aromatic carbocycles. The van der Waals surface area contributed by atoms with E-state index in [0.717, 1.165) is 0 Å². The van der Waals surface area contributed by atoms with Gasteiger partial charge in [0.25, 0.3) is 0 Å². The van der Waals surface area contributed by atoms with Gasteiger partial charge in [-0.1, -0.05) is 25.4 Å². The summed E-state index contributed by atoms with van der Waals surface area (Å²) in [6.45, 7) is 3.74. The summed E-state index contributed by atoms with van der Waals surface area (Å²) in [5, 5.41) is 15.0. The molecule has 0 bridgehead atoms. The molecule has 0 amide bonds. The molecular weight excluding hydrogens is 180 g/mol. The second kappa shape index (κ2) is 3.15. The Morgan fingerprint density at radius 3 is 2.58 bits per heavy atom. The number of halogens is 1. The highest BCUT2D eigenvalue weighted by Gasteiger charge is 2.19. The van der Waals surface area contributed by atoms with Crippen molar-refractivity contribution in [3.8, 4) is 0 Å². The van der Waals surface area contributed by atoms with Crippen molar-refractivity contribution in [2.24, 2.45) is 0 Å². The first-order chi connectivity index (χ1) is 5.54. The van der Waals surface area contributed by atoms with Crippen molar-refractivity contribution in [1.29, 1.82) is 0 Å². The maximum absolute atomic E-state index is 10.7. The Hall–Kier alpha value is -1.03. The number of hydrogen-bond acceptors (Lipinski definition) is 2. The van der Waals surface area contributed by atoms with Crippen molar-refractivity contribution >= 4 is 17.6 Å². The largest absolute Gasteiger partial charge is 0.478 e. The molecule has 0 atom stereocenters. The van der Waals surface area contributed by atoms with Gasteiger partial charge in [0.1, 0.15) is 5.56 Å². The third-order valence-electron chi connectivity index (χ3n) is 1.54. The molecule has 0 spiro atoms. The maximum atomic E-state index is 10.7. The van der Waals surface area contributed by atoms with Gasteiger partial charge in [-0.2, -0.15) is 5.10 Å². The van der Waals surface area contributed by atoms with Gasteiger partial charge in [-0.05, 0) is 5.92 Å². The summed E-state index contributed by atoms with van der Waals surface area (Å²) in [4.78, 5) is 10.7. The molecular formula is C7H9ClN2O2. The molecule has 1 heterocycles. The first-order valence-electron chi connectivity index (χ1n) is 3.51. The van der Waals surface area contributed by atoms with Crippen LogP contribution in [0.1, 0.15) is 35.8 Å². The lowest BCUT2D eigenvalue weighted by Crippen LogP contribution is -2.01. The second-order valence-corrected chi connectivity index (χ2v) is 3.12. The summed E-state index contributed by atoms with van der Waals surface area (Å²) in [6, 6.07) is 0. The van der Waals surface area contributed by atoms with Crippen molar-refractivity contribution in [1.82, 2.24) is 10.2 Å². The Bertz CT molecular complexity index is 306.